The Hall–Kier alpha value is -2.45. The van der Waals surface area contributed by atoms with Gasteiger partial charge in [0.1, 0.15) is 16.5 Å². The zero-order valence-electron chi connectivity index (χ0n) is 14.7. The number of amidine groups is 1. The molecular weight excluding hydrogens is 393 g/mol. The molecular formula is C18H17ClFN3O3S. The number of anilines is 2. The van der Waals surface area contributed by atoms with Crippen LogP contribution >= 0.6 is 11.6 Å². The van der Waals surface area contributed by atoms with Gasteiger partial charge in [-0.2, -0.15) is 8.42 Å². The second-order valence-corrected chi connectivity index (χ2v) is 8.01. The molecule has 0 unspecified atom stereocenters. The third kappa shape index (κ3) is 3.81. The van der Waals surface area contributed by atoms with Gasteiger partial charge in [0.25, 0.3) is 15.9 Å². The van der Waals surface area contributed by atoms with Crippen LogP contribution in [0.3, 0.4) is 0 Å². The van der Waals surface area contributed by atoms with Crippen molar-refractivity contribution in [3.8, 4) is 0 Å². The number of nitrogens with one attached hydrogen (secondary N) is 1. The lowest BCUT2D eigenvalue weighted by atomic mass is 10.1. The number of amides is 1. The van der Waals surface area contributed by atoms with E-state index in [1.165, 1.54) is 24.3 Å². The minimum atomic E-state index is -3.89. The van der Waals surface area contributed by atoms with Gasteiger partial charge >= 0.3 is 0 Å². The van der Waals surface area contributed by atoms with Gasteiger partial charge < -0.3 is 10.2 Å². The molecule has 1 amide bonds. The smallest absolute Gasteiger partial charge is 0.286 e. The zero-order chi connectivity index (χ0) is 19.8. The highest BCUT2D eigenvalue weighted by atomic mass is 35.5. The Balaban J connectivity index is 1.96. The van der Waals surface area contributed by atoms with E-state index in [-0.39, 0.29) is 15.5 Å². The number of hydrogen-bond acceptors (Lipinski definition) is 4. The van der Waals surface area contributed by atoms with Crippen molar-refractivity contribution in [2.24, 2.45) is 4.40 Å². The van der Waals surface area contributed by atoms with Gasteiger partial charge in [0.15, 0.2) is 0 Å². The Bertz CT molecular complexity index is 1050. The van der Waals surface area contributed by atoms with Crippen LogP contribution in [0.15, 0.2) is 45.7 Å². The molecule has 0 saturated carbocycles. The fraction of sp³-hybridized carbons (Fsp3) is 0.222. The Morgan fingerprint density at radius 3 is 2.67 bits per heavy atom. The molecule has 0 bridgehead atoms. The first-order chi connectivity index (χ1) is 12.7. The monoisotopic (exact) mass is 409 g/mol. The van der Waals surface area contributed by atoms with Gasteiger partial charge in [-0.15, -0.1) is 4.40 Å². The van der Waals surface area contributed by atoms with Crippen LogP contribution in [0, 0.1) is 5.82 Å². The minimum absolute atomic E-state index is 0.0219. The van der Waals surface area contributed by atoms with Crippen LogP contribution in [-0.4, -0.2) is 26.7 Å². The van der Waals surface area contributed by atoms with Gasteiger partial charge in [0, 0.05) is 17.8 Å². The largest absolute Gasteiger partial charge is 0.328 e. The van der Waals surface area contributed by atoms with Crippen LogP contribution in [-0.2, 0) is 10.0 Å². The van der Waals surface area contributed by atoms with E-state index < -0.39 is 21.7 Å². The van der Waals surface area contributed by atoms with Crippen molar-refractivity contribution in [3.05, 3.63) is 52.8 Å². The first-order valence-corrected chi connectivity index (χ1v) is 10.0. The van der Waals surface area contributed by atoms with Gasteiger partial charge in [-0.25, -0.2) is 4.39 Å². The SMILES string of the molecule is CCCN1C(C)=NS(=O)(=O)c2cc(C(=O)Nc3ccc(F)c(Cl)c3)ccc21. The lowest BCUT2D eigenvalue weighted by Gasteiger charge is -2.29. The molecule has 0 radical (unpaired) electrons. The van der Waals surface area contributed by atoms with Crippen molar-refractivity contribution in [1.82, 2.24) is 0 Å². The number of sulfonamides is 1. The molecule has 0 atom stereocenters. The van der Waals surface area contributed by atoms with Crippen LogP contribution in [0.2, 0.25) is 5.02 Å². The molecule has 6 nitrogen and oxygen atoms in total. The second-order valence-electron chi connectivity index (χ2n) is 6.03. The molecule has 142 valence electrons. The summed E-state index contributed by atoms with van der Waals surface area (Å²) < 4.78 is 41.9. The third-order valence-electron chi connectivity index (χ3n) is 4.06. The average molecular weight is 410 g/mol. The summed E-state index contributed by atoms with van der Waals surface area (Å²) in [5.41, 5.74) is 0.933. The van der Waals surface area contributed by atoms with E-state index in [4.69, 9.17) is 11.6 Å². The molecule has 2 aromatic rings. The summed E-state index contributed by atoms with van der Waals surface area (Å²) in [4.78, 5) is 14.3. The molecule has 1 heterocycles. The maximum atomic E-state index is 13.2. The van der Waals surface area contributed by atoms with E-state index in [1.54, 1.807) is 17.9 Å². The van der Waals surface area contributed by atoms with Gasteiger partial charge in [-0.1, -0.05) is 18.5 Å². The maximum absolute atomic E-state index is 13.2. The van der Waals surface area contributed by atoms with Crippen LogP contribution in [0.1, 0.15) is 30.6 Å². The lowest BCUT2D eigenvalue weighted by Crippen LogP contribution is -2.34. The summed E-state index contributed by atoms with van der Waals surface area (Å²) in [5, 5.41) is 2.45. The summed E-state index contributed by atoms with van der Waals surface area (Å²) in [7, 11) is -3.89. The number of rotatable bonds is 4. The minimum Gasteiger partial charge on any atom is -0.328 e. The van der Waals surface area contributed by atoms with E-state index in [0.29, 0.717) is 23.8 Å². The number of hydrogen-bond donors (Lipinski definition) is 1. The van der Waals surface area contributed by atoms with E-state index in [9.17, 15) is 17.6 Å². The van der Waals surface area contributed by atoms with Crippen molar-refractivity contribution in [2.75, 3.05) is 16.8 Å². The normalized spacial score (nSPS) is 15.1. The molecule has 0 aliphatic carbocycles. The number of carbonyl (C=O) groups excluding carboxylic acids is 1. The molecule has 1 N–H and O–H groups in total. The second kappa shape index (κ2) is 7.28. The standard InChI is InChI=1S/C18H17ClFN3O3S/c1-3-8-23-11(2)22-27(25,26)17-9-12(4-7-16(17)23)18(24)21-13-5-6-15(20)14(19)10-13/h4-7,9-10H,3,8H2,1-2H3,(H,21,24). The van der Waals surface area contributed by atoms with Crippen molar-refractivity contribution < 1.29 is 17.6 Å². The summed E-state index contributed by atoms with van der Waals surface area (Å²) in [5.74, 6) is -0.745. The van der Waals surface area contributed by atoms with Crippen LogP contribution in [0.4, 0.5) is 15.8 Å². The van der Waals surface area contributed by atoms with E-state index in [1.807, 2.05) is 6.92 Å². The maximum Gasteiger partial charge on any atom is 0.286 e. The summed E-state index contributed by atoms with van der Waals surface area (Å²) in [6.45, 7) is 4.22. The highest BCUT2D eigenvalue weighted by Crippen LogP contribution is 2.33. The first kappa shape index (κ1) is 19.3. The van der Waals surface area contributed by atoms with Gasteiger partial charge in [0.05, 0.1) is 10.7 Å². The number of fused-ring (bicyclic) bond motifs is 1. The molecule has 1 aliphatic heterocycles. The molecule has 27 heavy (non-hydrogen) atoms. The summed E-state index contributed by atoms with van der Waals surface area (Å²) >= 11 is 5.71. The number of halogens is 2. The third-order valence-corrected chi connectivity index (χ3v) is 5.74. The summed E-state index contributed by atoms with van der Waals surface area (Å²) in [6.07, 6.45) is 0.805. The molecule has 0 fully saturated rings. The zero-order valence-corrected chi connectivity index (χ0v) is 16.2. The fourth-order valence-electron chi connectivity index (χ4n) is 2.81. The fourth-order valence-corrected chi connectivity index (χ4v) is 4.26. The number of benzene rings is 2. The Morgan fingerprint density at radius 2 is 2.00 bits per heavy atom. The van der Waals surface area contributed by atoms with E-state index in [0.717, 1.165) is 12.5 Å². The van der Waals surface area contributed by atoms with E-state index >= 15 is 0 Å². The Kier molecular flexibility index (Phi) is 5.21. The van der Waals surface area contributed by atoms with Crippen LogP contribution < -0.4 is 10.2 Å². The number of nitrogens with zero attached hydrogens (tertiary/aromatic N) is 2. The Morgan fingerprint density at radius 1 is 1.26 bits per heavy atom. The Labute approximate surface area is 161 Å². The lowest BCUT2D eigenvalue weighted by molar-refractivity contribution is 0.102. The van der Waals surface area contributed by atoms with Gasteiger partial charge in [-0.05, 0) is 49.7 Å². The molecule has 1 aliphatic rings. The summed E-state index contributed by atoms with van der Waals surface area (Å²) in [6, 6.07) is 8.20. The van der Waals surface area contributed by atoms with Crippen molar-refractivity contribution >= 4 is 44.7 Å². The molecule has 0 saturated heterocycles. The first-order valence-electron chi connectivity index (χ1n) is 8.22. The van der Waals surface area contributed by atoms with Crippen LogP contribution in [0.25, 0.3) is 0 Å². The topological polar surface area (TPSA) is 78.8 Å². The van der Waals surface area contributed by atoms with Crippen molar-refractivity contribution in [2.45, 2.75) is 25.2 Å². The molecule has 0 spiro atoms. The number of carbonyl (C=O) groups is 1. The molecule has 0 aromatic heterocycles. The van der Waals surface area contributed by atoms with Gasteiger partial charge in [0.2, 0.25) is 0 Å². The van der Waals surface area contributed by atoms with Crippen molar-refractivity contribution in [1.29, 1.82) is 0 Å². The predicted octanol–water partition coefficient (Wildman–Crippen LogP) is 4.07. The highest BCUT2D eigenvalue weighted by molar-refractivity contribution is 7.90. The van der Waals surface area contributed by atoms with Crippen molar-refractivity contribution in [3.63, 3.8) is 0 Å². The average Bonchev–Trinajstić information content (AvgIpc) is 2.61. The van der Waals surface area contributed by atoms with Crippen LogP contribution in [0.5, 0.6) is 0 Å². The molecule has 3 rings (SSSR count). The molecule has 9 heteroatoms. The molecule has 2 aromatic carbocycles. The predicted molar refractivity (Wildman–Crippen MR) is 104 cm³/mol. The quantitative estimate of drug-likeness (QED) is 0.825. The highest BCUT2D eigenvalue weighted by Gasteiger charge is 2.29. The van der Waals surface area contributed by atoms with E-state index in [2.05, 4.69) is 9.71 Å². The van der Waals surface area contributed by atoms with Gasteiger partial charge in [-0.3, -0.25) is 4.79 Å².